The van der Waals surface area contributed by atoms with Crippen LogP contribution < -0.4 is 10.6 Å². The lowest BCUT2D eigenvalue weighted by Crippen LogP contribution is -2.05. The van der Waals surface area contributed by atoms with Gasteiger partial charge in [0, 0.05) is 41.0 Å². The number of nitrogens with zero attached hydrogens (tertiary/aromatic N) is 3. The summed E-state index contributed by atoms with van der Waals surface area (Å²) in [6.07, 6.45) is 0. The fourth-order valence-corrected chi connectivity index (χ4v) is 3.00. The minimum Gasteiger partial charge on any atom is -0.326 e. The molecule has 0 saturated carbocycles. The molecule has 8 heteroatoms. The van der Waals surface area contributed by atoms with Gasteiger partial charge in [-0.3, -0.25) is 9.89 Å². The van der Waals surface area contributed by atoms with Crippen molar-refractivity contribution < 1.29 is 4.79 Å². The number of nitrogens with one attached hydrogen (secondary N) is 3. The summed E-state index contributed by atoms with van der Waals surface area (Å²) < 4.78 is 0. The van der Waals surface area contributed by atoms with Gasteiger partial charge in [0.05, 0.1) is 0 Å². The van der Waals surface area contributed by atoms with Crippen molar-refractivity contribution in [1.29, 1.82) is 0 Å². The van der Waals surface area contributed by atoms with E-state index in [2.05, 4.69) is 30.8 Å². The minimum atomic E-state index is -0.0910. The molecule has 0 aliphatic heterocycles. The van der Waals surface area contributed by atoms with Gasteiger partial charge < -0.3 is 10.6 Å². The highest BCUT2D eigenvalue weighted by molar-refractivity contribution is 7.99. The van der Waals surface area contributed by atoms with E-state index < -0.39 is 0 Å². The van der Waals surface area contributed by atoms with Crippen molar-refractivity contribution in [3.63, 3.8) is 0 Å². The molecule has 3 rings (SSSR count). The number of aromatic amines is 1. The number of hydrogen-bond acceptors (Lipinski definition) is 6. The molecule has 3 N–H and O–H groups in total. The molecule has 0 bridgehead atoms. The number of carbonyl (C=O) groups excluding carboxylic acids is 1. The molecule has 1 aromatic carbocycles. The zero-order valence-electron chi connectivity index (χ0n) is 14.1. The summed E-state index contributed by atoms with van der Waals surface area (Å²) in [4.78, 5) is 21.0. The van der Waals surface area contributed by atoms with E-state index in [4.69, 9.17) is 0 Å². The van der Waals surface area contributed by atoms with Crippen LogP contribution in [0.5, 0.6) is 0 Å². The predicted octanol–water partition coefficient (Wildman–Crippen LogP) is 3.67. The summed E-state index contributed by atoms with van der Waals surface area (Å²) in [6, 6.07) is 11.3. The van der Waals surface area contributed by atoms with Crippen LogP contribution in [0, 0.1) is 13.8 Å². The highest BCUT2D eigenvalue weighted by Crippen LogP contribution is 2.27. The number of aryl methyl sites for hydroxylation is 2. The van der Waals surface area contributed by atoms with Gasteiger partial charge in [-0.05, 0) is 49.9 Å². The number of rotatable bonds is 5. The van der Waals surface area contributed by atoms with Crippen molar-refractivity contribution in [2.24, 2.45) is 0 Å². The maximum atomic E-state index is 11.1. The van der Waals surface area contributed by atoms with Crippen LogP contribution >= 0.6 is 11.8 Å². The summed E-state index contributed by atoms with van der Waals surface area (Å²) in [5.74, 6) is 1.31. The van der Waals surface area contributed by atoms with E-state index in [9.17, 15) is 4.79 Å². The van der Waals surface area contributed by atoms with Gasteiger partial charge in [-0.15, -0.1) is 0 Å². The van der Waals surface area contributed by atoms with E-state index in [1.54, 1.807) is 0 Å². The van der Waals surface area contributed by atoms with Gasteiger partial charge in [-0.1, -0.05) is 0 Å². The number of benzene rings is 1. The smallest absolute Gasteiger partial charge is 0.221 e. The molecule has 128 valence electrons. The molecule has 2 aromatic heterocycles. The molecule has 25 heavy (non-hydrogen) atoms. The van der Waals surface area contributed by atoms with Crippen molar-refractivity contribution in [3.05, 3.63) is 47.8 Å². The van der Waals surface area contributed by atoms with Crippen LogP contribution in [0.4, 0.5) is 17.3 Å². The van der Waals surface area contributed by atoms with Gasteiger partial charge >= 0.3 is 0 Å². The van der Waals surface area contributed by atoms with Gasteiger partial charge in [-0.25, -0.2) is 9.97 Å². The van der Waals surface area contributed by atoms with Crippen molar-refractivity contribution in [3.8, 4) is 0 Å². The Bertz CT molecular complexity index is 890. The largest absolute Gasteiger partial charge is 0.326 e. The maximum absolute atomic E-state index is 11.1. The Balaban J connectivity index is 1.74. The Kier molecular flexibility index (Phi) is 4.99. The van der Waals surface area contributed by atoms with Crippen molar-refractivity contribution in [2.75, 3.05) is 10.6 Å². The Morgan fingerprint density at radius 3 is 2.48 bits per heavy atom. The summed E-state index contributed by atoms with van der Waals surface area (Å²) >= 11 is 1.46. The first-order valence-electron chi connectivity index (χ1n) is 7.68. The molecule has 0 aliphatic rings. The van der Waals surface area contributed by atoms with Crippen LogP contribution in [0.25, 0.3) is 0 Å². The third-order valence-corrected chi connectivity index (χ3v) is 4.05. The van der Waals surface area contributed by atoms with Gasteiger partial charge in [0.15, 0.2) is 11.0 Å². The van der Waals surface area contributed by atoms with Crippen LogP contribution in [-0.4, -0.2) is 26.1 Å². The Morgan fingerprint density at radius 1 is 1.08 bits per heavy atom. The molecule has 0 radical (unpaired) electrons. The zero-order chi connectivity index (χ0) is 17.8. The average molecular weight is 354 g/mol. The first-order valence-corrected chi connectivity index (χ1v) is 8.50. The molecule has 0 fully saturated rings. The molecule has 0 atom stereocenters. The fourth-order valence-electron chi connectivity index (χ4n) is 2.18. The monoisotopic (exact) mass is 354 g/mol. The molecular formula is C17H18N6OS. The lowest BCUT2D eigenvalue weighted by atomic mass is 10.3. The first kappa shape index (κ1) is 17.0. The standard InChI is InChI=1S/C17H18N6OS/c1-10-8-15(20-16-9-11(2)22-23-16)21-17(18-10)25-14-6-4-13(5-7-14)19-12(3)24/h4-9H,1-3H3,(H,19,24)(H2,18,20,21,22,23). The van der Waals surface area contributed by atoms with Crippen LogP contribution in [-0.2, 0) is 4.79 Å². The summed E-state index contributed by atoms with van der Waals surface area (Å²) in [5, 5.41) is 13.6. The number of aromatic nitrogens is 4. The quantitative estimate of drug-likeness (QED) is 0.605. The number of carbonyl (C=O) groups is 1. The van der Waals surface area contributed by atoms with Gasteiger partial charge in [-0.2, -0.15) is 5.10 Å². The summed E-state index contributed by atoms with van der Waals surface area (Å²) in [7, 11) is 0. The number of amides is 1. The first-order chi connectivity index (χ1) is 12.0. The number of anilines is 3. The third-order valence-electron chi connectivity index (χ3n) is 3.18. The molecule has 1 amide bonds. The van der Waals surface area contributed by atoms with E-state index in [0.717, 1.165) is 22.0 Å². The van der Waals surface area contributed by atoms with Gasteiger partial charge in [0.25, 0.3) is 0 Å². The molecule has 0 saturated heterocycles. The fraction of sp³-hybridized carbons (Fsp3) is 0.176. The lowest BCUT2D eigenvalue weighted by Gasteiger charge is -2.07. The SMILES string of the molecule is CC(=O)Nc1ccc(Sc2nc(C)cc(Nc3cc(C)[nH]n3)n2)cc1. The third kappa shape index (κ3) is 4.80. The average Bonchev–Trinajstić information content (AvgIpc) is 2.93. The molecule has 0 unspecified atom stereocenters. The number of H-pyrrole nitrogens is 1. The van der Waals surface area contributed by atoms with E-state index in [0.29, 0.717) is 16.8 Å². The Labute approximate surface area is 149 Å². The highest BCUT2D eigenvalue weighted by Gasteiger charge is 2.07. The molecule has 0 spiro atoms. The molecule has 7 nitrogen and oxygen atoms in total. The van der Waals surface area contributed by atoms with E-state index in [1.165, 1.54) is 18.7 Å². The molecule has 0 aliphatic carbocycles. The maximum Gasteiger partial charge on any atom is 0.221 e. The van der Waals surface area contributed by atoms with E-state index in [-0.39, 0.29) is 5.91 Å². The minimum absolute atomic E-state index is 0.0910. The molecule has 3 aromatic rings. The van der Waals surface area contributed by atoms with Crippen LogP contribution in [0.3, 0.4) is 0 Å². The van der Waals surface area contributed by atoms with Gasteiger partial charge in [0.2, 0.25) is 5.91 Å². The van der Waals surface area contributed by atoms with Gasteiger partial charge in [0.1, 0.15) is 5.82 Å². The highest BCUT2D eigenvalue weighted by atomic mass is 32.2. The van der Waals surface area contributed by atoms with Crippen molar-refractivity contribution >= 4 is 35.0 Å². The van der Waals surface area contributed by atoms with Crippen LogP contribution in [0.1, 0.15) is 18.3 Å². The second-order valence-electron chi connectivity index (χ2n) is 5.55. The lowest BCUT2D eigenvalue weighted by molar-refractivity contribution is -0.114. The molecule has 2 heterocycles. The van der Waals surface area contributed by atoms with Crippen LogP contribution in [0.2, 0.25) is 0 Å². The summed E-state index contributed by atoms with van der Waals surface area (Å²) in [5.41, 5.74) is 2.60. The zero-order valence-corrected chi connectivity index (χ0v) is 14.9. The predicted molar refractivity (Wildman–Crippen MR) is 98.2 cm³/mol. The van der Waals surface area contributed by atoms with Crippen molar-refractivity contribution in [1.82, 2.24) is 20.2 Å². The summed E-state index contributed by atoms with van der Waals surface area (Å²) in [6.45, 7) is 5.35. The Hall–Kier alpha value is -2.87. The van der Waals surface area contributed by atoms with E-state index in [1.807, 2.05) is 50.2 Å². The number of hydrogen-bond donors (Lipinski definition) is 3. The normalized spacial score (nSPS) is 10.5. The Morgan fingerprint density at radius 2 is 1.84 bits per heavy atom. The van der Waals surface area contributed by atoms with Crippen LogP contribution in [0.15, 0.2) is 46.5 Å². The topological polar surface area (TPSA) is 95.6 Å². The second-order valence-corrected chi connectivity index (χ2v) is 6.59. The van der Waals surface area contributed by atoms with Crippen molar-refractivity contribution in [2.45, 2.75) is 30.8 Å². The van der Waals surface area contributed by atoms with E-state index >= 15 is 0 Å². The second kappa shape index (κ2) is 7.35. The molecular weight excluding hydrogens is 336 g/mol.